The van der Waals surface area contributed by atoms with E-state index in [1.165, 1.54) is 0 Å². The highest BCUT2D eigenvalue weighted by molar-refractivity contribution is 7.98. The molecule has 6 nitrogen and oxygen atoms in total. The molecule has 7 heteroatoms. The molecule has 3 N–H and O–H groups in total. The third-order valence-corrected chi connectivity index (χ3v) is 5.77. The summed E-state index contributed by atoms with van der Waals surface area (Å²) in [6.45, 7) is 0.354. The molecule has 0 radical (unpaired) electrons. The average Bonchev–Trinajstić information content (AvgIpc) is 3.24. The Hall–Kier alpha value is -3.58. The number of thioether (sulfide) groups is 1. The van der Waals surface area contributed by atoms with Crippen LogP contribution in [0.2, 0.25) is 0 Å². The number of rotatable bonds is 7. The fourth-order valence-electron chi connectivity index (χ4n) is 3.15. The Bertz CT molecular complexity index is 1180. The molecular weight excluding hydrogens is 408 g/mol. The van der Waals surface area contributed by atoms with Gasteiger partial charge in [0.25, 0.3) is 11.8 Å². The van der Waals surface area contributed by atoms with Gasteiger partial charge in [-0.3, -0.25) is 9.59 Å². The molecule has 0 aliphatic rings. The van der Waals surface area contributed by atoms with E-state index in [0.717, 1.165) is 33.1 Å². The maximum Gasteiger partial charge on any atom is 0.251 e. The van der Waals surface area contributed by atoms with Crippen molar-refractivity contribution in [2.45, 2.75) is 17.5 Å². The topological polar surface area (TPSA) is 86.9 Å². The van der Waals surface area contributed by atoms with Crippen LogP contribution in [0.5, 0.6) is 0 Å². The van der Waals surface area contributed by atoms with Crippen LogP contribution in [0.1, 0.15) is 31.8 Å². The number of hydrogen-bond acceptors (Lipinski definition) is 4. The Labute approximate surface area is 184 Å². The largest absolute Gasteiger partial charge is 0.355 e. The minimum Gasteiger partial charge on any atom is -0.355 e. The number of nitrogens with one attached hydrogen (secondary N) is 3. The van der Waals surface area contributed by atoms with Crippen LogP contribution >= 0.6 is 11.8 Å². The highest BCUT2D eigenvalue weighted by Crippen LogP contribution is 2.23. The number of aromatic amines is 1. The van der Waals surface area contributed by atoms with Gasteiger partial charge in [0, 0.05) is 30.5 Å². The van der Waals surface area contributed by atoms with Gasteiger partial charge in [-0.05, 0) is 47.5 Å². The van der Waals surface area contributed by atoms with E-state index in [9.17, 15) is 9.59 Å². The third kappa shape index (κ3) is 5.13. The van der Waals surface area contributed by atoms with E-state index >= 15 is 0 Å². The van der Waals surface area contributed by atoms with Gasteiger partial charge < -0.3 is 15.6 Å². The van der Waals surface area contributed by atoms with Gasteiger partial charge in [-0.15, -0.1) is 0 Å². The Morgan fingerprint density at radius 1 is 0.903 bits per heavy atom. The highest BCUT2D eigenvalue weighted by atomic mass is 32.2. The molecule has 0 fully saturated rings. The summed E-state index contributed by atoms with van der Waals surface area (Å²) in [4.78, 5) is 32.1. The molecule has 4 aromatic rings. The zero-order valence-corrected chi connectivity index (χ0v) is 17.8. The van der Waals surface area contributed by atoms with Gasteiger partial charge in [-0.1, -0.05) is 48.2 Å². The number of fused-ring (bicyclic) bond motifs is 1. The molecule has 0 saturated heterocycles. The average molecular weight is 431 g/mol. The number of H-pyrrole nitrogens is 1. The highest BCUT2D eigenvalue weighted by Gasteiger charge is 2.08. The van der Waals surface area contributed by atoms with E-state index in [-0.39, 0.29) is 11.8 Å². The van der Waals surface area contributed by atoms with Gasteiger partial charge in [0.05, 0.1) is 11.0 Å². The molecule has 2 amide bonds. The molecule has 0 saturated carbocycles. The molecule has 0 bridgehead atoms. The lowest BCUT2D eigenvalue weighted by Gasteiger charge is -2.08. The zero-order chi connectivity index (χ0) is 21.6. The zero-order valence-electron chi connectivity index (χ0n) is 17.0. The van der Waals surface area contributed by atoms with Gasteiger partial charge in [-0.2, -0.15) is 0 Å². The number of para-hydroxylation sites is 2. The van der Waals surface area contributed by atoms with E-state index in [1.54, 1.807) is 37.0 Å². The molecule has 1 aromatic heterocycles. The minimum absolute atomic E-state index is 0.149. The van der Waals surface area contributed by atoms with Gasteiger partial charge in [0.2, 0.25) is 0 Å². The summed E-state index contributed by atoms with van der Waals surface area (Å²) in [6.07, 6.45) is 0. The van der Waals surface area contributed by atoms with Crippen LogP contribution < -0.4 is 10.6 Å². The van der Waals surface area contributed by atoms with Crippen molar-refractivity contribution < 1.29 is 9.59 Å². The quantitative estimate of drug-likeness (QED) is 0.385. The van der Waals surface area contributed by atoms with Crippen molar-refractivity contribution in [3.05, 3.63) is 95.1 Å². The van der Waals surface area contributed by atoms with Crippen LogP contribution in [0.25, 0.3) is 11.0 Å². The number of imidazole rings is 1. The second-order valence-corrected chi connectivity index (χ2v) is 7.97. The maximum absolute atomic E-state index is 12.5. The number of benzene rings is 3. The maximum atomic E-state index is 12.5. The molecule has 1 heterocycles. The van der Waals surface area contributed by atoms with Crippen molar-refractivity contribution in [2.75, 3.05) is 7.05 Å². The lowest BCUT2D eigenvalue weighted by atomic mass is 10.1. The van der Waals surface area contributed by atoms with E-state index < -0.39 is 0 Å². The lowest BCUT2D eigenvalue weighted by molar-refractivity contribution is 0.0948. The van der Waals surface area contributed by atoms with Crippen molar-refractivity contribution in [1.29, 1.82) is 0 Å². The summed E-state index contributed by atoms with van der Waals surface area (Å²) in [5, 5.41) is 6.38. The number of carbonyl (C=O) groups excluding carboxylic acids is 2. The number of carbonyl (C=O) groups is 2. The summed E-state index contributed by atoms with van der Waals surface area (Å²) >= 11 is 1.63. The summed E-state index contributed by atoms with van der Waals surface area (Å²) in [6, 6.07) is 22.7. The van der Waals surface area contributed by atoms with Crippen molar-refractivity contribution in [2.24, 2.45) is 0 Å². The first-order valence-corrected chi connectivity index (χ1v) is 10.9. The number of aromatic nitrogens is 2. The van der Waals surface area contributed by atoms with Crippen LogP contribution in [0.3, 0.4) is 0 Å². The molecule has 3 aromatic carbocycles. The Kier molecular flexibility index (Phi) is 6.33. The van der Waals surface area contributed by atoms with Crippen molar-refractivity contribution in [3.8, 4) is 0 Å². The molecule has 31 heavy (non-hydrogen) atoms. The Balaban J connectivity index is 1.32. The van der Waals surface area contributed by atoms with Gasteiger partial charge in [0.15, 0.2) is 5.16 Å². The predicted molar refractivity (Wildman–Crippen MR) is 123 cm³/mol. The second kappa shape index (κ2) is 9.49. The van der Waals surface area contributed by atoms with Crippen LogP contribution in [-0.2, 0) is 12.3 Å². The van der Waals surface area contributed by atoms with Crippen molar-refractivity contribution in [3.63, 3.8) is 0 Å². The van der Waals surface area contributed by atoms with Crippen LogP contribution in [-0.4, -0.2) is 28.8 Å². The molecule has 156 valence electrons. The Morgan fingerprint density at radius 3 is 2.48 bits per heavy atom. The molecule has 0 unspecified atom stereocenters. The summed E-state index contributed by atoms with van der Waals surface area (Å²) in [7, 11) is 1.59. The van der Waals surface area contributed by atoms with E-state index in [0.29, 0.717) is 17.7 Å². The molecule has 0 spiro atoms. The standard InChI is InChI=1S/C24H22N4O2S/c1-25-22(29)19-6-4-5-17(13-19)14-26-23(30)18-11-9-16(10-12-18)15-31-24-27-20-7-2-3-8-21(20)28-24/h2-13H,14-15H2,1H3,(H,25,29)(H,26,30)(H,27,28). The van der Waals surface area contributed by atoms with Gasteiger partial charge in [0.1, 0.15) is 0 Å². The van der Waals surface area contributed by atoms with Gasteiger partial charge in [-0.25, -0.2) is 4.98 Å². The number of amides is 2. The number of hydrogen-bond donors (Lipinski definition) is 3. The van der Waals surface area contributed by atoms with Gasteiger partial charge >= 0.3 is 0 Å². The smallest absolute Gasteiger partial charge is 0.251 e. The van der Waals surface area contributed by atoms with Crippen molar-refractivity contribution >= 4 is 34.6 Å². The molecule has 0 aliphatic heterocycles. The third-order valence-electron chi connectivity index (χ3n) is 4.83. The van der Waals surface area contributed by atoms with E-state index in [1.807, 2.05) is 54.6 Å². The van der Waals surface area contributed by atoms with E-state index in [2.05, 4.69) is 20.6 Å². The van der Waals surface area contributed by atoms with E-state index in [4.69, 9.17) is 0 Å². The van der Waals surface area contributed by atoms with Crippen LogP contribution in [0.15, 0.2) is 78.0 Å². The first-order chi connectivity index (χ1) is 15.1. The molecule has 0 atom stereocenters. The Morgan fingerprint density at radius 2 is 1.71 bits per heavy atom. The normalized spacial score (nSPS) is 10.7. The molecule has 4 rings (SSSR count). The lowest BCUT2D eigenvalue weighted by Crippen LogP contribution is -2.23. The number of nitrogens with zero attached hydrogens (tertiary/aromatic N) is 1. The summed E-state index contributed by atoms with van der Waals surface area (Å²) < 4.78 is 0. The minimum atomic E-state index is -0.151. The monoisotopic (exact) mass is 430 g/mol. The second-order valence-electron chi connectivity index (χ2n) is 7.01. The van der Waals surface area contributed by atoms with Crippen LogP contribution in [0, 0.1) is 0 Å². The predicted octanol–water partition coefficient (Wildman–Crippen LogP) is 4.14. The molecule has 0 aliphatic carbocycles. The fourth-order valence-corrected chi connectivity index (χ4v) is 3.99. The fraction of sp³-hybridized carbons (Fsp3) is 0.125. The first kappa shape index (κ1) is 20.7. The van der Waals surface area contributed by atoms with Crippen molar-refractivity contribution in [1.82, 2.24) is 20.6 Å². The SMILES string of the molecule is CNC(=O)c1cccc(CNC(=O)c2ccc(CSc3nc4ccccc4[nH]3)cc2)c1. The molecular formula is C24H22N4O2S. The summed E-state index contributed by atoms with van der Waals surface area (Å²) in [5.41, 5.74) is 5.13. The van der Waals surface area contributed by atoms with Crippen LogP contribution in [0.4, 0.5) is 0 Å². The first-order valence-electron chi connectivity index (χ1n) is 9.88. The summed E-state index contributed by atoms with van der Waals surface area (Å²) in [5.74, 6) is 0.458.